The number of aryl methyl sites for hydroxylation is 1. The van der Waals surface area contributed by atoms with Crippen molar-refractivity contribution in [3.63, 3.8) is 0 Å². The van der Waals surface area contributed by atoms with Gasteiger partial charge in [0.05, 0.1) is 24.6 Å². The molecule has 0 bridgehead atoms. The van der Waals surface area contributed by atoms with Crippen LogP contribution in [0.25, 0.3) is 0 Å². The number of halogens is 1. The van der Waals surface area contributed by atoms with E-state index in [4.69, 9.17) is 4.74 Å². The molecule has 0 saturated carbocycles. The third-order valence-corrected chi connectivity index (χ3v) is 6.42. The van der Waals surface area contributed by atoms with Crippen molar-refractivity contribution in [2.24, 2.45) is 0 Å². The van der Waals surface area contributed by atoms with E-state index in [2.05, 4.69) is 28.5 Å². The fourth-order valence-corrected chi connectivity index (χ4v) is 4.78. The molecule has 0 unspecified atom stereocenters. The average molecular weight is 423 g/mol. The van der Waals surface area contributed by atoms with Gasteiger partial charge >= 0.3 is 5.97 Å². The molecular formula is C24H23FN2O2S. The van der Waals surface area contributed by atoms with Crippen LogP contribution in [-0.4, -0.2) is 24.6 Å². The van der Waals surface area contributed by atoms with Crippen molar-refractivity contribution in [3.05, 3.63) is 83.4 Å². The van der Waals surface area contributed by atoms with Gasteiger partial charge in [-0.15, -0.1) is 0 Å². The molecule has 4 rings (SSSR count). The fraction of sp³-hybridized carbons (Fsp3) is 0.250. The minimum atomic E-state index is -0.376. The van der Waals surface area contributed by atoms with Crippen LogP contribution in [0.4, 0.5) is 10.1 Å². The van der Waals surface area contributed by atoms with Crippen molar-refractivity contribution in [1.82, 2.24) is 4.98 Å². The number of hydrogen-bond donors (Lipinski definition) is 1. The van der Waals surface area contributed by atoms with Gasteiger partial charge in [0.25, 0.3) is 0 Å². The van der Waals surface area contributed by atoms with E-state index >= 15 is 0 Å². The van der Waals surface area contributed by atoms with E-state index in [0.29, 0.717) is 28.6 Å². The molecule has 0 radical (unpaired) electrons. The molecule has 1 atom stereocenters. The summed E-state index contributed by atoms with van der Waals surface area (Å²) in [6.07, 6.45) is 6.45. The Balaban J connectivity index is 1.50. The monoisotopic (exact) mass is 422 g/mol. The lowest BCUT2D eigenvalue weighted by Gasteiger charge is -2.27. The van der Waals surface area contributed by atoms with Crippen LogP contribution in [-0.2, 0) is 11.2 Å². The molecule has 1 aliphatic rings. The second-order valence-electron chi connectivity index (χ2n) is 7.28. The van der Waals surface area contributed by atoms with Gasteiger partial charge < -0.3 is 10.1 Å². The molecule has 4 nitrogen and oxygen atoms in total. The summed E-state index contributed by atoms with van der Waals surface area (Å²) in [5, 5.41) is 3.38. The number of carbonyl (C=O) groups is 1. The van der Waals surface area contributed by atoms with E-state index in [1.807, 2.05) is 6.07 Å². The van der Waals surface area contributed by atoms with Crippen LogP contribution in [0.3, 0.4) is 0 Å². The highest BCUT2D eigenvalue weighted by molar-refractivity contribution is 7.99. The molecule has 0 aliphatic heterocycles. The highest BCUT2D eigenvalue weighted by Crippen LogP contribution is 2.37. The van der Waals surface area contributed by atoms with E-state index in [9.17, 15) is 9.18 Å². The Hall–Kier alpha value is -2.86. The second kappa shape index (κ2) is 9.30. The normalized spacial score (nSPS) is 15.3. The molecule has 30 heavy (non-hydrogen) atoms. The number of rotatable bonds is 6. The van der Waals surface area contributed by atoms with Gasteiger partial charge in [-0.1, -0.05) is 30.0 Å². The number of nitrogens with one attached hydrogen (secondary N) is 1. The minimum Gasteiger partial charge on any atom is -0.465 e. The first kappa shape index (κ1) is 20.4. The highest BCUT2D eigenvalue weighted by Gasteiger charge is 2.21. The molecule has 154 valence electrons. The number of methoxy groups -OCH3 is 1. The Kier molecular flexibility index (Phi) is 6.33. The zero-order valence-electron chi connectivity index (χ0n) is 16.7. The van der Waals surface area contributed by atoms with Gasteiger partial charge in [0.2, 0.25) is 0 Å². The number of carbonyl (C=O) groups excluding carboxylic acids is 1. The summed E-state index contributed by atoms with van der Waals surface area (Å²) in [6.45, 7) is 0.711. The molecule has 0 spiro atoms. The molecule has 2 aromatic carbocycles. The van der Waals surface area contributed by atoms with E-state index in [-0.39, 0.29) is 11.8 Å². The Morgan fingerprint density at radius 3 is 2.97 bits per heavy atom. The summed E-state index contributed by atoms with van der Waals surface area (Å²) >= 11 is 1.46. The van der Waals surface area contributed by atoms with E-state index in [0.717, 1.165) is 24.2 Å². The first-order chi connectivity index (χ1) is 14.7. The van der Waals surface area contributed by atoms with Gasteiger partial charge in [-0.2, -0.15) is 0 Å². The maximum Gasteiger partial charge on any atom is 0.340 e. The molecule has 1 N–H and O–H groups in total. The molecule has 6 heteroatoms. The van der Waals surface area contributed by atoms with Crippen LogP contribution in [0.5, 0.6) is 0 Å². The minimum absolute atomic E-state index is 0.194. The Morgan fingerprint density at radius 2 is 2.13 bits per heavy atom. The second-order valence-corrected chi connectivity index (χ2v) is 8.39. The van der Waals surface area contributed by atoms with Gasteiger partial charge in [-0.05, 0) is 60.7 Å². The highest BCUT2D eigenvalue weighted by atomic mass is 32.2. The van der Waals surface area contributed by atoms with Crippen LogP contribution in [0.1, 0.15) is 40.2 Å². The Morgan fingerprint density at radius 1 is 1.27 bits per heavy atom. The predicted molar refractivity (Wildman–Crippen MR) is 117 cm³/mol. The molecule has 1 aromatic heterocycles. The van der Waals surface area contributed by atoms with Crippen molar-refractivity contribution in [2.45, 2.75) is 35.0 Å². The van der Waals surface area contributed by atoms with E-state index in [1.54, 1.807) is 30.6 Å². The lowest BCUT2D eigenvalue weighted by Crippen LogP contribution is -2.19. The number of anilines is 1. The number of pyridine rings is 1. The summed E-state index contributed by atoms with van der Waals surface area (Å²) in [6, 6.07) is 14.9. The maximum atomic E-state index is 14.0. The van der Waals surface area contributed by atoms with Crippen molar-refractivity contribution < 1.29 is 13.9 Å². The van der Waals surface area contributed by atoms with Gasteiger partial charge in [-0.25, -0.2) is 9.18 Å². The number of aromatic nitrogens is 1. The van der Waals surface area contributed by atoms with E-state index < -0.39 is 0 Å². The number of benzene rings is 2. The van der Waals surface area contributed by atoms with Crippen LogP contribution in [0, 0.1) is 5.82 Å². The number of hydrogen-bond acceptors (Lipinski definition) is 5. The average Bonchev–Trinajstić information content (AvgIpc) is 2.78. The smallest absolute Gasteiger partial charge is 0.340 e. The zero-order valence-corrected chi connectivity index (χ0v) is 17.5. The predicted octanol–water partition coefficient (Wildman–Crippen LogP) is 5.69. The molecule has 1 heterocycles. The van der Waals surface area contributed by atoms with Crippen LogP contribution in [0.2, 0.25) is 0 Å². The summed E-state index contributed by atoms with van der Waals surface area (Å²) < 4.78 is 18.8. The molecule has 1 aliphatic carbocycles. The summed E-state index contributed by atoms with van der Waals surface area (Å²) in [7, 11) is 1.38. The molecule has 0 amide bonds. The third-order valence-electron chi connectivity index (χ3n) is 5.38. The third kappa shape index (κ3) is 4.49. The summed E-state index contributed by atoms with van der Waals surface area (Å²) in [5.41, 5.74) is 3.80. The summed E-state index contributed by atoms with van der Waals surface area (Å²) in [5.74, 6) is -0.231. The lowest BCUT2D eigenvalue weighted by atomic mass is 9.83. The first-order valence-corrected chi connectivity index (χ1v) is 10.8. The van der Waals surface area contributed by atoms with Crippen molar-refractivity contribution in [3.8, 4) is 0 Å². The Labute approximate surface area is 179 Å². The zero-order chi connectivity index (χ0) is 20.9. The number of ether oxygens (including phenoxy) is 1. The standard InChI is InChI=1S/C24H23FN2O2S/c1-29-24(28)20-11-12-26-15-22(20)27-14-17-6-4-5-16-13-18(9-10-19(16)17)30-23-8-3-2-7-21(23)25/h2-3,7-13,15,17,27H,4-6,14H2,1H3/t17-/m1/s1. The quantitative estimate of drug-likeness (QED) is 0.517. The lowest BCUT2D eigenvalue weighted by molar-refractivity contribution is 0.0601. The van der Waals surface area contributed by atoms with Gasteiger partial charge in [-0.3, -0.25) is 4.98 Å². The number of nitrogens with zero attached hydrogens (tertiary/aromatic N) is 1. The van der Waals surface area contributed by atoms with Crippen LogP contribution >= 0.6 is 11.8 Å². The first-order valence-electron chi connectivity index (χ1n) is 9.97. The van der Waals surface area contributed by atoms with Crippen molar-refractivity contribution in [2.75, 3.05) is 19.0 Å². The van der Waals surface area contributed by atoms with E-state index in [1.165, 1.54) is 36.1 Å². The van der Waals surface area contributed by atoms with Gasteiger partial charge in [0.1, 0.15) is 5.82 Å². The maximum absolute atomic E-state index is 14.0. The van der Waals surface area contributed by atoms with Gasteiger partial charge in [0, 0.05) is 28.5 Å². The number of esters is 1. The van der Waals surface area contributed by atoms with Gasteiger partial charge in [0.15, 0.2) is 0 Å². The molecular weight excluding hydrogens is 399 g/mol. The molecule has 0 saturated heterocycles. The summed E-state index contributed by atoms with van der Waals surface area (Å²) in [4.78, 5) is 17.8. The molecule has 0 fully saturated rings. The Bertz CT molecular complexity index is 1060. The largest absolute Gasteiger partial charge is 0.465 e. The molecule has 3 aromatic rings. The number of fused-ring (bicyclic) bond motifs is 1. The van der Waals surface area contributed by atoms with Crippen molar-refractivity contribution >= 4 is 23.4 Å². The van der Waals surface area contributed by atoms with Crippen molar-refractivity contribution in [1.29, 1.82) is 0 Å². The van der Waals surface area contributed by atoms with Crippen LogP contribution < -0.4 is 5.32 Å². The fourth-order valence-electron chi connectivity index (χ4n) is 3.88. The SMILES string of the molecule is COC(=O)c1ccncc1NC[C@H]1CCCc2cc(Sc3ccccc3F)ccc21. The topological polar surface area (TPSA) is 51.2 Å². The van der Waals surface area contributed by atoms with Crippen LogP contribution in [0.15, 0.2) is 70.7 Å².